The van der Waals surface area contributed by atoms with Crippen LogP contribution in [0, 0.1) is 0 Å². The van der Waals surface area contributed by atoms with Crippen LogP contribution in [0.4, 0.5) is 10.5 Å². The highest BCUT2D eigenvalue weighted by atomic mass is 16.4. The zero-order valence-electron chi connectivity index (χ0n) is 9.45. The maximum atomic E-state index is 10.7. The first-order valence-corrected chi connectivity index (χ1v) is 5.35. The van der Waals surface area contributed by atoms with Crippen LogP contribution in [-0.2, 0) is 0 Å². The zero-order valence-corrected chi connectivity index (χ0v) is 9.45. The molecule has 0 aliphatic heterocycles. The molecular formula is C13H12N2O3. The van der Waals surface area contributed by atoms with Gasteiger partial charge >= 0.3 is 6.09 Å². The lowest BCUT2D eigenvalue weighted by Crippen LogP contribution is -2.12. The number of benzene rings is 1. The number of hydrogen-bond donors (Lipinski definition) is 3. The summed E-state index contributed by atoms with van der Waals surface area (Å²) in [6, 6.07) is 10.6. The molecule has 1 aromatic carbocycles. The van der Waals surface area contributed by atoms with E-state index in [2.05, 4.69) is 10.3 Å². The second kappa shape index (κ2) is 5.29. The van der Waals surface area contributed by atoms with Gasteiger partial charge in [0.05, 0.1) is 11.9 Å². The highest BCUT2D eigenvalue weighted by Crippen LogP contribution is 2.27. The number of rotatable bonds is 3. The molecule has 92 valence electrons. The normalized spacial score (nSPS) is 11.8. The molecule has 2 aromatic rings. The number of carboxylic acid groups (broad SMARTS) is 1. The van der Waals surface area contributed by atoms with E-state index in [1.807, 2.05) is 18.2 Å². The van der Waals surface area contributed by atoms with Crippen LogP contribution in [0.15, 0.2) is 48.8 Å². The first-order chi connectivity index (χ1) is 8.68. The second-order valence-electron chi connectivity index (χ2n) is 3.71. The molecule has 1 atom stereocenters. The Morgan fingerprint density at radius 2 is 1.94 bits per heavy atom. The van der Waals surface area contributed by atoms with E-state index in [1.54, 1.807) is 18.2 Å². The van der Waals surface area contributed by atoms with Crippen molar-refractivity contribution in [2.45, 2.75) is 6.10 Å². The maximum Gasteiger partial charge on any atom is 0.409 e. The predicted molar refractivity (Wildman–Crippen MR) is 66.4 cm³/mol. The van der Waals surface area contributed by atoms with E-state index in [0.29, 0.717) is 11.1 Å². The summed E-state index contributed by atoms with van der Waals surface area (Å²) in [7, 11) is 0. The minimum absolute atomic E-state index is 0.279. The molecule has 0 bridgehead atoms. The van der Waals surface area contributed by atoms with Crippen LogP contribution >= 0.6 is 0 Å². The largest absolute Gasteiger partial charge is 0.465 e. The van der Waals surface area contributed by atoms with Crippen molar-refractivity contribution in [1.82, 2.24) is 4.98 Å². The van der Waals surface area contributed by atoms with Crippen LogP contribution in [0.2, 0.25) is 0 Å². The average molecular weight is 244 g/mol. The number of anilines is 1. The number of nitrogens with one attached hydrogen (secondary N) is 1. The number of aliphatic hydroxyl groups excluding tert-OH is 1. The van der Waals surface area contributed by atoms with Gasteiger partial charge in [-0.25, -0.2) is 4.79 Å². The van der Waals surface area contributed by atoms with Gasteiger partial charge < -0.3 is 10.2 Å². The third kappa shape index (κ3) is 2.64. The molecule has 0 aliphatic carbocycles. The van der Waals surface area contributed by atoms with Crippen molar-refractivity contribution in [2.75, 3.05) is 5.32 Å². The number of nitrogens with zero attached hydrogens (tertiary/aromatic N) is 1. The van der Waals surface area contributed by atoms with Gasteiger partial charge in [-0.2, -0.15) is 0 Å². The standard InChI is InChI=1S/C13H12N2O3/c16-12(9-4-2-1-3-5-9)10-6-7-14-8-11(10)15-13(17)18/h1-8,12,15-16H,(H,17,18). The van der Waals surface area contributed by atoms with Crippen LogP contribution in [-0.4, -0.2) is 21.3 Å². The quantitative estimate of drug-likeness (QED) is 0.773. The SMILES string of the molecule is O=C(O)Nc1cnccc1C(O)c1ccccc1. The van der Waals surface area contributed by atoms with Crippen LogP contribution < -0.4 is 5.32 Å². The summed E-state index contributed by atoms with van der Waals surface area (Å²) >= 11 is 0. The molecule has 0 radical (unpaired) electrons. The van der Waals surface area contributed by atoms with E-state index in [-0.39, 0.29) is 5.69 Å². The summed E-state index contributed by atoms with van der Waals surface area (Å²) < 4.78 is 0. The first kappa shape index (κ1) is 12.1. The molecule has 1 heterocycles. The molecule has 5 heteroatoms. The van der Waals surface area contributed by atoms with E-state index in [1.165, 1.54) is 12.4 Å². The number of amides is 1. The Kier molecular flexibility index (Phi) is 3.54. The number of aromatic nitrogens is 1. The van der Waals surface area contributed by atoms with Crippen molar-refractivity contribution in [3.8, 4) is 0 Å². The third-order valence-corrected chi connectivity index (χ3v) is 2.51. The number of pyridine rings is 1. The molecule has 0 fully saturated rings. The van der Waals surface area contributed by atoms with Gasteiger partial charge in [-0.3, -0.25) is 10.3 Å². The Bertz CT molecular complexity index is 543. The molecule has 3 N–H and O–H groups in total. The van der Waals surface area contributed by atoms with Crippen molar-refractivity contribution in [3.05, 3.63) is 59.9 Å². The number of carbonyl (C=O) groups is 1. The summed E-state index contributed by atoms with van der Waals surface area (Å²) in [6.07, 6.45) is 0.796. The van der Waals surface area contributed by atoms with Gasteiger partial charge in [-0.1, -0.05) is 30.3 Å². The third-order valence-electron chi connectivity index (χ3n) is 2.51. The van der Waals surface area contributed by atoms with Crippen molar-refractivity contribution >= 4 is 11.8 Å². The molecule has 2 rings (SSSR count). The summed E-state index contributed by atoms with van der Waals surface area (Å²) in [5, 5.41) is 21.2. The molecule has 0 aliphatic rings. The van der Waals surface area contributed by atoms with Crippen LogP contribution in [0.25, 0.3) is 0 Å². The Morgan fingerprint density at radius 1 is 1.22 bits per heavy atom. The van der Waals surface area contributed by atoms with Crippen LogP contribution in [0.3, 0.4) is 0 Å². The molecule has 0 saturated carbocycles. The Balaban J connectivity index is 2.36. The number of aliphatic hydroxyl groups is 1. The van der Waals surface area contributed by atoms with Crippen molar-refractivity contribution in [2.24, 2.45) is 0 Å². The highest BCUT2D eigenvalue weighted by molar-refractivity contribution is 5.83. The Morgan fingerprint density at radius 3 is 2.61 bits per heavy atom. The average Bonchev–Trinajstić information content (AvgIpc) is 2.39. The summed E-state index contributed by atoms with van der Waals surface area (Å²) in [6.45, 7) is 0. The van der Waals surface area contributed by atoms with Crippen LogP contribution in [0.5, 0.6) is 0 Å². The molecule has 1 unspecified atom stereocenters. The van der Waals surface area contributed by atoms with Gasteiger partial charge in [0.1, 0.15) is 6.10 Å². The van der Waals surface area contributed by atoms with Crippen molar-refractivity contribution in [3.63, 3.8) is 0 Å². The lowest BCUT2D eigenvalue weighted by atomic mass is 10.0. The number of hydrogen-bond acceptors (Lipinski definition) is 3. The lowest BCUT2D eigenvalue weighted by Gasteiger charge is -2.15. The second-order valence-corrected chi connectivity index (χ2v) is 3.71. The highest BCUT2D eigenvalue weighted by Gasteiger charge is 2.15. The van der Waals surface area contributed by atoms with Gasteiger partial charge in [0.25, 0.3) is 0 Å². The molecule has 1 aromatic heterocycles. The minimum Gasteiger partial charge on any atom is -0.465 e. The molecular weight excluding hydrogens is 232 g/mol. The van der Waals surface area contributed by atoms with Crippen LogP contribution in [0.1, 0.15) is 17.2 Å². The van der Waals surface area contributed by atoms with Crippen molar-refractivity contribution in [1.29, 1.82) is 0 Å². The molecule has 0 spiro atoms. The monoisotopic (exact) mass is 244 g/mol. The fraction of sp³-hybridized carbons (Fsp3) is 0.0769. The minimum atomic E-state index is -1.19. The predicted octanol–water partition coefficient (Wildman–Crippen LogP) is 2.25. The van der Waals surface area contributed by atoms with E-state index >= 15 is 0 Å². The van der Waals surface area contributed by atoms with E-state index < -0.39 is 12.2 Å². The zero-order chi connectivity index (χ0) is 13.0. The van der Waals surface area contributed by atoms with E-state index in [4.69, 9.17) is 5.11 Å². The smallest absolute Gasteiger partial charge is 0.409 e. The molecule has 1 amide bonds. The van der Waals surface area contributed by atoms with Crippen molar-refractivity contribution < 1.29 is 15.0 Å². The maximum absolute atomic E-state index is 10.7. The van der Waals surface area contributed by atoms with Gasteiger partial charge in [0, 0.05) is 11.8 Å². The molecule has 5 nitrogen and oxygen atoms in total. The first-order valence-electron chi connectivity index (χ1n) is 5.35. The molecule has 18 heavy (non-hydrogen) atoms. The summed E-state index contributed by atoms with van der Waals surface area (Å²) in [5.41, 5.74) is 1.44. The van der Waals surface area contributed by atoms with Gasteiger partial charge in [-0.15, -0.1) is 0 Å². The molecule has 0 saturated heterocycles. The van der Waals surface area contributed by atoms with Gasteiger partial charge in [0.15, 0.2) is 0 Å². The Labute approximate surface area is 104 Å². The van der Waals surface area contributed by atoms with E-state index in [9.17, 15) is 9.90 Å². The van der Waals surface area contributed by atoms with Gasteiger partial charge in [-0.05, 0) is 11.6 Å². The topological polar surface area (TPSA) is 82.5 Å². The Hall–Kier alpha value is -2.40. The van der Waals surface area contributed by atoms with E-state index in [0.717, 1.165) is 0 Å². The summed E-state index contributed by atoms with van der Waals surface area (Å²) in [5.74, 6) is 0. The summed E-state index contributed by atoms with van der Waals surface area (Å²) in [4.78, 5) is 14.5. The fourth-order valence-electron chi connectivity index (χ4n) is 1.68. The van der Waals surface area contributed by atoms with Gasteiger partial charge in [0.2, 0.25) is 0 Å². The lowest BCUT2D eigenvalue weighted by molar-refractivity contribution is 0.209. The fourth-order valence-corrected chi connectivity index (χ4v) is 1.68.